The van der Waals surface area contributed by atoms with Crippen LogP contribution in [0, 0.1) is 31.1 Å². The van der Waals surface area contributed by atoms with E-state index in [2.05, 4.69) is 32.8 Å². The summed E-state index contributed by atoms with van der Waals surface area (Å²) in [6.45, 7) is 4.15. The van der Waals surface area contributed by atoms with Gasteiger partial charge in [0.1, 0.15) is 11.6 Å². The highest BCUT2D eigenvalue weighted by molar-refractivity contribution is 5.99. The maximum Gasteiger partial charge on any atom is 0.262 e. The first-order valence-corrected chi connectivity index (χ1v) is 11.1. The van der Waals surface area contributed by atoms with Crippen molar-refractivity contribution >= 4 is 23.2 Å². The van der Waals surface area contributed by atoms with E-state index < -0.39 is 0 Å². The number of benzene rings is 1. The molecule has 1 aromatic carbocycles. The van der Waals surface area contributed by atoms with Gasteiger partial charge in [-0.05, 0) is 50.8 Å². The standard InChI is InChI=1S/C25H26N4O4/c1-15-22(12-26-16(2)27-15)33-14-25(17-6-4-3-5-7-17)11-19(25)24(31)28-18-8-9-21-20(10-18)29-23(30)13-32-21/h3-6,8-10,12,17,19H,7,11,13-14H2,1-2H3,(H,28,31)(H,29,30)/t17?,19-,25+/m0/s1. The molecule has 1 fully saturated rings. The van der Waals surface area contributed by atoms with Crippen LogP contribution in [0.4, 0.5) is 11.4 Å². The van der Waals surface area contributed by atoms with E-state index in [1.807, 2.05) is 26.0 Å². The molecule has 2 amide bonds. The van der Waals surface area contributed by atoms with Crippen molar-refractivity contribution in [3.63, 3.8) is 0 Å². The fourth-order valence-electron chi connectivity index (χ4n) is 4.67. The van der Waals surface area contributed by atoms with E-state index in [1.165, 1.54) is 0 Å². The smallest absolute Gasteiger partial charge is 0.262 e. The Labute approximate surface area is 192 Å². The molecular weight excluding hydrogens is 420 g/mol. The van der Waals surface area contributed by atoms with Gasteiger partial charge in [0.05, 0.1) is 24.2 Å². The topological polar surface area (TPSA) is 102 Å². The quantitative estimate of drug-likeness (QED) is 0.703. The first-order valence-electron chi connectivity index (χ1n) is 11.1. The Bertz CT molecular complexity index is 1170. The van der Waals surface area contributed by atoms with E-state index >= 15 is 0 Å². The summed E-state index contributed by atoms with van der Waals surface area (Å²) in [4.78, 5) is 33.5. The molecule has 8 nitrogen and oxygen atoms in total. The van der Waals surface area contributed by atoms with Gasteiger partial charge in [-0.25, -0.2) is 9.97 Å². The second-order valence-electron chi connectivity index (χ2n) is 8.84. The van der Waals surface area contributed by atoms with E-state index in [9.17, 15) is 9.59 Å². The van der Waals surface area contributed by atoms with Crippen molar-refractivity contribution in [2.24, 2.45) is 17.3 Å². The van der Waals surface area contributed by atoms with Crippen LogP contribution in [0.1, 0.15) is 24.4 Å². The zero-order valence-corrected chi connectivity index (χ0v) is 18.6. The Morgan fingerprint density at radius 1 is 1.33 bits per heavy atom. The van der Waals surface area contributed by atoms with Crippen molar-refractivity contribution in [2.45, 2.75) is 26.7 Å². The van der Waals surface area contributed by atoms with Crippen molar-refractivity contribution in [3.05, 3.63) is 60.2 Å². The molecule has 3 atom stereocenters. The van der Waals surface area contributed by atoms with Gasteiger partial charge in [0, 0.05) is 17.0 Å². The molecular formula is C25H26N4O4. The first kappa shape index (κ1) is 21.2. The molecule has 2 heterocycles. The highest BCUT2D eigenvalue weighted by atomic mass is 16.5. The van der Waals surface area contributed by atoms with E-state index in [0.717, 1.165) is 18.5 Å². The molecule has 2 aromatic rings. The molecule has 1 unspecified atom stereocenters. The maximum atomic E-state index is 13.2. The molecule has 1 aromatic heterocycles. The number of nitrogens with one attached hydrogen (secondary N) is 2. The number of carbonyl (C=O) groups excluding carboxylic acids is 2. The van der Waals surface area contributed by atoms with Crippen LogP contribution in [-0.4, -0.2) is 35.0 Å². The van der Waals surface area contributed by atoms with Gasteiger partial charge >= 0.3 is 0 Å². The molecule has 0 spiro atoms. The fourth-order valence-corrected chi connectivity index (χ4v) is 4.67. The number of aryl methyl sites for hydroxylation is 2. The molecule has 0 saturated heterocycles. The summed E-state index contributed by atoms with van der Waals surface area (Å²) in [5, 5.41) is 5.78. The summed E-state index contributed by atoms with van der Waals surface area (Å²) in [5.41, 5.74) is 1.67. The van der Waals surface area contributed by atoms with Gasteiger partial charge in [0.15, 0.2) is 12.4 Å². The number of amides is 2. The van der Waals surface area contributed by atoms with Crippen molar-refractivity contribution in [1.82, 2.24) is 9.97 Å². The van der Waals surface area contributed by atoms with Crippen LogP contribution in [0.15, 0.2) is 48.7 Å². The number of carbonyl (C=O) groups is 2. The minimum absolute atomic E-state index is 0.00184. The second kappa shape index (κ2) is 8.35. The molecule has 0 bridgehead atoms. The minimum Gasteiger partial charge on any atom is -0.489 e. The lowest BCUT2D eigenvalue weighted by molar-refractivity contribution is -0.119. The fraction of sp³-hybridized carbons (Fsp3) is 0.360. The zero-order valence-electron chi connectivity index (χ0n) is 18.6. The molecule has 8 heteroatoms. The lowest BCUT2D eigenvalue weighted by atomic mass is 9.82. The van der Waals surface area contributed by atoms with Crippen LogP contribution in [0.3, 0.4) is 0 Å². The van der Waals surface area contributed by atoms with E-state index in [-0.39, 0.29) is 35.7 Å². The number of rotatable bonds is 6. The number of allylic oxidation sites excluding steroid dienone is 4. The number of hydrogen-bond acceptors (Lipinski definition) is 6. The number of anilines is 2. The summed E-state index contributed by atoms with van der Waals surface area (Å²) in [6, 6.07) is 5.26. The molecule has 2 aliphatic carbocycles. The number of aromatic nitrogens is 2. The molecule has 1 saturated carbocycles. The van der Waals surface area contributed by atoms with Crippen LogP contribution in [0.5, 0.6) is 11.5 Å². The monoisotopic (exact) mass is 446 g/mol. The lowest BCUT2D eigenvalue weighted by Gasteiger charge is -2.26. The van der Waals surface area contributed by atoms with Crippen LogP contribution >= 0.6 is 0 Å². The molecule has 5 rings (SSSR count). The van der Waals surface area contributed by atoms with Crippen molar-refractivity contribution in [1.29, 1.82) is 0 Å². The van der Waals surface area contributed by atoms with Crippen molar-refractivity contribution in [2.75, 3.05) is 23.8 Å². The van der Waals surface area contributed by atoms with Crippen LogP contribution in [-0.2, 0) is 9.59 Å². The van der Waals surface area contributed by atoms with Gasteiger partial charge in [-0.2, -0.15) is 0 Å². The Morgan fingerprint density at radius 3 is 3.00 bits per heavy atom. The highest BCUT2D eigenvalue weighted by Crippen LogP contribution is 2.60. The van der Waals surface area contributed by atoms with E-state index in [4.69, 9.17) is 9.47 Å². The zero-order chi connectivity index (χ0) is 23.0. The van der Waals surface area contributed by atoms with Gasteiger partial charge in [-0.3, -0.25) is 9.59 Å². The van der Waals surface area contributed by atoms with Gasteiger partial charge in [-0.1, -0.05) is 24.3 Å². The van der Waals surface area contributed by atoms with Gasteiger partial charge < -0.3 is 20.1 Å². The summed E-state index contributed by atoms with van der Waals surface area (Å²) in [6.07, 6.45) is 11.7. The predicted molar refractivity (Wildman–Crippen MR) is 123 cm³/mol. The predicted octanol–water partition coefficient (Wildman–Crippen LogP) is 3.58. The summed E-state index contributed by atoms with van der Waals surface area (Å²) in [5.74, 6) is 1.69. The van der Waals surface area contributed by atoms with E-state index in [0.29, 0.717) is 35.3 Å². The number of ether oxygens (including phenoxy) is 2. The highest BCUT2D eigenvalue weighted by Gasteiger charge is 2.62. The average Bonchev–Trinajstić information content (AvgIpc) is 3.55. The van der Waals surface area contributed by atoms with Gasteiger partial charge in [0.2, 0.25) is 5.91 Å². The SMILES string of the molecule is Cc1ncc(OC[C@@]2(C3C=CC=CC3)C[C@H]2C(=O)Nc2ccc3c(c2)NC(=O)CO3)c(C)n1. The summed E-state index contributed by atoms with van der Waals surface area (Å²) >= 11 is 0. The second-order valence-corrected chi connectivity index (χ2v) is 8.84. The molecule has 0 radical (unpaired) electrons. The van der Waals surface area contributed by atoms with Crippen LogP contribution in [0.25, 0.3) is 0 Å². The number of fused-ring (bicyclic) bond motifs is 1. The van der Waals surface area contributed by atoms with Crippen LogP contribution < -0.4 is 20.1 Å². The Balaban J connectivity index is 1.32. The summed E-state index contributed by atoms with van der Waals surface area (Å²) in [7, 11) is 0. The Hall–Kier alpha value is -3.68. The molecule has 1 aliphatic heterocycles. The molecule has 3 aliphatic rings. The normalized spacial score (nSPS) is 25.0. The maximum absolute atomic E-state index is 13.2. The van der Waals surface area contributed by atoms with Crippen molar-refractivity contribution in [3.8, 4) is 11.5 Å². The third kappa shape index (κ3) is 4.20. The lowest BCUT2D eigenvalue weighted by Crippen LogP contribution is -2.29. The Morgan fingerprint density at radius 2 is 2.21 bits per heavy atom. The van der Waals surface area contributed by atoms with E-state index in [1.54, 1.807) is 24.4 Å². The molecule has 33 heavy (non-hydrogen) atoms. The van der Waals surface area contributed by atoms with Crippen molar-refractivity contribution < 1.29 is 19.1 Å². The number of nitrogens with zero attached hydrogens (tertiary/aromatic N) is 2. The Kier molecular flexibility index (Phi) is 5.36. The molecule has 2 N–H and O–H groups in total. The van der Waals surface area contributed by atoms with Gasteiger partial charge in [-0.15, -0.1) is 0 Å². The third-order valence-electron chi connectivity index (χ3n) is 6.58. The van der Waals surface area contributed by atoms with Crippen LogP contribution in [0.2, 0.25) is 0 Å². The largest absolute Gasteiger partial charge is 0.489 e. The average molecular weight is 447 g/mol. The first-order chi connectivity index (χ1) is 15.9. The minimum atomic E-state index is -0.297. The molecule has 170 valence electrons. The summed E-state index contributed by atoms with van der Waals surface area (Å²) < 4.78 is 11.6. The third-order valence-corrected chi connectivity index (χ3v) is 6.58. The van der Waals surface area contributed by atoms with Gasteiger partial charge in [0.25, 0.3) is 5.91 Å². The number of hydrogen-bond donors (Lipinski definition) is 2.